The highest BCUT2D eigenvalue weighted by atomic mass is 16.3. The third kappa shape index (κ3) is 1.70. The van der Waals surface area contributed by atoms with Crippen molar-refractivity contribution in [3.8, 4) is 0 Å². The predicted octanol–water partition coefficient (Wildman–Crippen LogP) is 3.06. The van der Waals surface area contributed by atoms with Crippen LogP contribution < -0.4 is 0 Å². The largest absolute Gasteiger partial charge is 0.393 e. The second kappa shape index (κ2) is 4.45. The van der Waals surface area contributed by atoms with Crippen LogP contribution in [0.25, 0.3) is 0 Å². The van der Waals surface area contributed by atoms with Crippen molar-refractivity contribution in [3.05, 3.63) is 23.8 Å². The van der Waals surface area contributed by atoms with Gasteiger partial charge in [-0.3, -0.25) is 0 Å². The first-order chi connectivity index (χ1) is 9.59. The van der Waals surface area contributed by atoms with Crippen LogP contribution in [0.1, 0.15) is 45.4 Å². The SMILES string of the molecule is C[C@]12CC[C@H]3[C@@H](CCC4=C[C@H](O)C=C[C@@H]43)[C@@H]1CC[C@@H]2O. The number of aliphatic hydroxyl groups excluding tert-OH is 2. The standard InChI is InChI=1S/C18H26O2/c1-18-9-8-14-13-5-3-12(19)10-11(13)2-4-15(14)16(18)6-7-17(18)20/h3,5,10,12-17,19-20H,2,4,6-9H2,1H3/t12-,13+,14-,15-,16+,17+,18+/m1/s1. The molecular weight excluding hydrogens is 248 g/mol. The van der Waals surface area contributed by atoms with Gasteiger partial charge >= 0.3 is 0 Å². The van der Waals surface area contributed by atoms with Gasteiger partial charge in [-0.05, 0) is 61.7 Å². The average molecular weight is 274 g/mol. The molecule has 110 valence electrons. The first kappa shape index (κ1) is 13.1. The van der Waals surface area contributed by atoms with Gasteiger partial charge in [-0.1, -0.05) is 30.7 Å². The van der Waals surface area contributed by atoms with Crippen LogP contribution in [0.3, 0.4) is 0 Å². The average Bonchev–Trinajstić information content (AvgIpc) is 2.74. The molecule has 0 aromatic rings. The molecule has 7 atom stereocenters. The zero-order valence-corrected chi connectivity index (χ0v) is 12.3. The van der Waals surface area contributed by atoms with E-state index in [9.17, 15) is 10.2 Å². The number of aliphatic hydroxyl groups is 2. The number of rotatable bonds is 0. The van der Waals surface area contributed by atoms with Crippen LogP contribution >= 0.6 is 0 Å². The molecule has 0 amide bonds. The quantitative estimate of drug-likeness (QED) is 0.667. The molecule has 0 spiro atoms. The van der Waals surface area contributed by atoms with E-state index in [1.807, 2.05) is 6.08 Å². The van der Waals surface area contributed by atoms with Crippen LogP contribution in [-0.4, -0.2) is 22.4 Å². The van der Waals surface area contributed by atoms with E-state index in [0.717, 1.165) is 30.6 Å². The first-order valence-electron chi connectivity index (χ1n) is 8.34. The van der Waals surface area contributed by atoms with Gasteiger partial charge in [0.05, 0.1) is 12.2 Å². The third-order valence-corrected chi connectivity index (χ3v) is 7.00. The van der Waals surface area contributed by atoms with Crippen molar-refractivity contribution in [2.24, 2.45) is 29.1 Å². The Hall–Kier alpha value is -0.600. The molecule has 0 saturated heterocycles. The first-order valence-corrected chi connectivity index (χ1v) is 8.34. The summed E-state index contributed by atoms with van der Waals surface area (Å²) in [5.74, 6) is 2.83. The molecule has 0 heterocycles. The van der Waals surface area contributed by atoms with Crippen LogP contribution in [0, 0.1) is 29.1 Å². The Labute approximate surface area is 121 Å². The van der Waals surface area contributed by atoms with E-state index in [1.165, 1.54) is 31.3 Å². The van der Waals surface area contributed by atoms with Gasteiger partial charge in [0.25, 0.3) is 0 Å². The smallest absolute Gasteiger partial charge is 0.0905 e. The van der Waals surface area contributed by atoms with Gasteiger partial charge in [0.2, 0.25) is 0 Å². The number of hydrogen-bond acceptors (Lipinski definition) is 2. The molecule has 4 aliphatic carbocycles. The summed E-state index contributed by atoms with van der Waals surface area (Å²) in [5.41, 5.74) is 1.66. The third-order valence-electron chi connectivity index (χ3n) is 7.00. The summed E-state index contributed by atoms with van der Waals surface area (Å²) in [6, 6.07) is 0. The van der Waals surface area contributed by atoms with Crippen LogP contribution in [0.5, 0.6) is 0 Å². The molecule has 0 aliphatic heterocycles. The van der Waals surface area contributed by atoms with Crippen LogP contribution in [0.15, 0.2) is 23.8 Å². The lowest BCUT2D eigenvalue weighted by atomic mass is 9.53. The molecule has 20 heavy (non-hydrogen) atoms. The lowest BCUT2D eigenvalue weighted by molar-refractivity contribution is -0.0474. The zero-order valence-electron chi connectivity index (χ0n) is 12.3. The molecule has 0 unspecified atom stereocenters. The Morgan fingerprint density at radius 2 is 1.90 bits per heavy atom. The Morgan fingerprint density at radius 1 is 1.05 bits per heavy atom. The molecule has 3 saturated carbocycles. The van der Waals surface area contributed by atoms with E-state index in [0.29, 0.717) is 5.92 Å². The molecule has 0 radical (unpaired) electrons. The van der Waals surface area contributed by atoms with Gasteiger partial charge in [0.1, 0.15) is 0 Å². The zero-order chi connectivity index (χ0) is 13.9. The Morgan fingerprint density at radius 3 is 2.75 bits per heavy atom. The summed E-state index contributed by atoms with van der Waals surface area (Å²) in [6.45, 7) is 2.33. The maximum absolute atomic E-state index is 10.4. The fourth-order valence-electron chi connectivity index (χ4n) is 5.89. The molecule has 2 heteroatoms. The van der Waals surface area contributed by atoms with Crippen molar-refractivity contribution in [3.63, 3.8) is 0 Å². The Bertz CT molecular complexity index is 466. The molecule has 4 aliphatic rings. The van der Waals surface area contributed by atoms with Crippen LogP contribution in [0.4, 0.5) is 0 Å². The maximum atomic E-state index is 10.4. The molecular formula is C18H26O2. The number of fused-ring (bicyclic) bond motifs is 5. The normalized spacial score (nSPS) is 53.9. The van der Waals surface area contributed by atoms with E-state index >= 15 is 0 Å². The van der Waals surface area contributed by atoms with Gasteiger partial charge in [-0.2, -0.15) is 0 Å². The summed E-state index contributed by atoms with van der Waals surface area (Å²) in [5, 5.41) is 20.2. The second-order valence-electron chi connectivity index (χ2n) is 7.75. The molecule has 2 N–H and O–H groups in total. The van der Waals surface area contributed by atoms with Crippen LogP contribution in [0.2, 0.25) is 0 Å². The summed E-state index contributed by atoms with van der Waals surface area (Å²) in [6.07, 6.45) is 12.9. The maximum Gasteiger partial charge on any atom is 0.0905 e. The molecule has 2 nitrogen and oxygen atoms in total. The minimum absolute atomic E-state index is 0.0749. The highest BCUT2D eigenvalue weighted by Gasteiger charge is 2.55. The van der Waals surface area contributed by atoms with Crippen molar-refractivity contribution in [1.82, 2.24) is 0 Å². The van der Waals surface area contributed by atoms with Crippen molar-refractivity contribution >= 4 is 0 Å². The minimum Gasteiger partial charge on any atom is -0.393 e. The number of hydrogen-bond donors (Lipinski definition) is 2. The van der Waals surface area contributed by atoms with Gasteiger partial charge in [-0.25, -0.2) is 0 Å². The van der Waals surface area contributed by atoms with Gasteiger partial charge in [-0.15, -0.1) is 0 Å². The Balaban J connectivity index is 1.63. The molecule has 0 aromatic carbocycles. The van der Waals surface area contributed by atoms with Gasteiger partial charge in [0.15, 0.2) is 0 Å². The summed E-state index contributed by atoms with van der Waals surface area (Å²) in [4.78, 5) is 0. The fraction of sp³-hybridized carbons (Fsp3) is 0.778. The van der Waals surface area contributed by atoms with Gasteiger partial charge in [0, 0.05) is 5.92 Å². The summed E-state index contributed by atoms with van der Waals surface area (Å²) in [7, 11) is 0. The van der Waals surface area contributed by atoms with E-state index in [4.69, 9.17) is 0 Å². The Kier molecular flexibility index (Phi) is 2.91. The van der Waals surface area contributed by atoms with Crippen molar-refractivity contribution in [2.75, 3.05) is 0 Å². The summed E-state index contributed by atoms with van der Waals surface area (Å²) < 4.78 is 0. The van der Waals surface area contributed by atoms with E-state index in [2.05, 4.69) is 19.1 Å². The molecule has 4 rings (SSSR count). The van der Waals surface area contributed by atoms with E-state index in [1.54, 1.807) is 0 Å². The van der Waals surface area contributed by atoms with E-state index in [-0.39, 0.29) is 17.6 Å². The summed E-state index contributed by atoms with van der Waals surface area (Å²) >= 11 is 0. The van der Waals surface area contributed by atoms with Crippen molar-refractivity contribution in [1.29, 1.82) is 0 Å². The van der Waals surface area contributed by atoms with Gasteiger partial charge < -0.3 is 10.2 Å². The molecule has 0 aromatic heterocycles. The highest BCUT2D eigenvalue weighted by Crippen LogP contribution is 2.61. The van der Waals surface area contributed by atoms with Crippen LogP contribution in [-0.2, 0) is 0 Å². The fourth-order valence-corrected chi connectivity index (χ4v) is 5.89. The van der Waals surface area contributed by atoms with Crippen molar-refractivity contribution in [2.45, 2.75) is 57.7 Å². The monoisotopic (exact) mass is 274 g/mol. The molecule has 3 fully saturated rings. The minimum atomic E-state index is -0.361. The topological polar surface area (TPSA) is 40.5 Å². The van der Waals surface area contributed by atoms with Crippen molar-refractivity contribution < 1.29 is 10.2 Å². The number of allylic oxidation sites excluding steroid dienone is 2. The van der Waals surface area contributed by atoms with E-state index < -0.39 is 0 Å². The second-order valence-corrected chi connectivity index (χ2v) is 7.75. The highest BCUT2D eigenvalue weighted by molar-refractivity contribution is 5.28. The predicted molar refractivity (Wildman–Crippen MR) is 79.0 cm³/mol. The lowest BCUT2D eigenvalue weighted by Crippen LogP contribution is -2.47. The lowest BCUT2D eigenvalue weighted by Gasteiger charge is -2.52. The molecule has 0 bridgehead atoms.